The zero-order chi connectivity index (χ0) is 8.20. The van der Waals surface area contributed by atoms with Crippen LogP contribution in [-0.4, -0.2) is 38.4 Å². The molecular formula is C4H9ClO4S. The van der Waals surface area contributed by atoms with E-state index in [1.165, 1.54) is 0 Å². The zero-order valence-corrected chi connectivity index (χ0v) is 7.02. The Kier molecular flexibility index (Phi) is 4.19. The van der Waals surface area contributed by atoms with Crippen LogP contribution in [0.15, 0.2) is 0 Å². The van der Waals surface area contributed by atoms with Crippen molar-refractivity contribution in [1.82, 2.24) is 0 Å². The summed E-state index contributed by atoms with van der Waals surface area (Å²) in [5.74, 6) is -0.0322. The summed E-state index contributed by atoms with van der Waals surface area (Å²) >= 11 is 5.16. The summed E-state index contributed by atoms with van der Waals surface area (Å²) < 4.78 is 24.8. The van der Waals surface area contributed by atoms with Crippen LogP contribution in [0.1, 0.15) is 0 Å². The van der Waals surface area contributed by atoms with Gasteiger partial charge in [0, 0.05) is 0 Å². The van der Waals surface area contributed by atoms with E-state index < -0.39 is 16.2 Å². The molecule has 0 saturated heterocycles. The highest BCUT2D eigenvalue weighted by Gasteiger charge is 2.06. The molecule has 6 heteroatoms. The number of alkyl halides is 1. The molecular weight excluding hydrogens is 180 g/mol. The standard InChI is InChI=1S/C4H9ClO4S/c1-10(7,8)9-3-4(6)2-5/h4,6H,2-3H2,1H3. The van der Waals surface area contributed by atoms with E-state index in [4.69, 9.17) is 16.7 Å². The van der Waals surface area contributed by atoms with E-state index in [1.54, 1.807) is 0 Å². The van der Waals surface area contributed by atoms with Crippen molar-refractivity contribution in [1.29, 1.82) is 0 Å². The first-order valence-electron chi connectivity index (χ1n) is 2.54. The quantitative estimate of drug-likeness (QED) is 0.480. The molecule has 0 aliphatic carbocycles. The zero-order valence-electron chi connectivity index (χ0n) is 5.45. The van der Waals surface area contributed by atoms with Gasteiger partial charge in [0.25, 0.3) is 10.1 Å². The fraction of sp³-hybridized carbons (Fsp3) is 1.00. The molecule has 62 valence electrons. The number of hydrogen-bond acceptors (Lipinski definition) is 4. The largest absolute Gasteiger partial charge is 0.389 e. The van der Waals surface area contributed by atoms with Gasteiger partial charge in [-0.15, -0.1) is 11.6 Å². The predicted octanol–water partition coefficient (Wildman–Crippen LogP) is -0.438. The monoisotopic (exact) mass is 188 g/mol. The molecule has 0 radical (unpaired) electrons. The van der Waals surface area contributed by atoms with Gasteiger partial charge in [0.05, 0.1) is 24.8 Å². The molecule has 1 N–H and O–H groups in total. The average molecular weight is 189 g/mol. The number of aliphatic hydroxyl groups is 1. The first kappa shape index (κ1) is 10.2. The molecule has 0 aliphatic heterocycles. The molecule has 0 bridgehead atoms. The minimum absolute atomic E-state index is 0.0322. The number of halogens is 1. The smallest absolute Gasteiger partial charge is 0.264 e. The van der Waals surface area contributed by atoms with E-state index in [0.29, 0.717) is 0 Å². The van der Waals surface area contributed by atoms with Crippen molar-refractivity contribution in [2.24, 2.45) is 0 Å². The van der Waals surface area contributed by atoms with E-state index >= 15 is 0 Å². The molecule has 0 aromatic carbocycles. The van der Waals surface area contributed by atoms with Crippen LogP contribution >= 0.6 is 11.6 Å². The lowest BCUT2D eigenvalue weighted by molar-refractivity contribution is 0.129. The summed E-state index contributed by atoms with van der Waals surface area (Å²) in [6, 6.07) is 0. The fourth-order valence-corrected chi connectivity index (χ4v) is 0.740. The SMILES string of the molecule is CS(=O)(=O)OCC(O)CCl. The average Bonchev–Trinajstić information content (AvgIpc) is 1.81. The van der Waals surface area contributed by atoms with Crippen molar-refractivity contribution < 1.29 is 17.7 Å². The summed E-state index contributed by atoms with van der Waals surface area (Å²) in [5.41, 5.74) is 0. The van der Waals surface area contributed by atoms with Crippen LogP contribution in [0, 0.1) is 0 Å². The first-order valence-corrected chi connectivity index (χ1v) is 4.89. The van der Waals surface area contributed by atoms with Gasteiger partial charge in [-0.3, -0.25) is 4.18 Å². The minimum atomic E-state index is -3.45. The Morgan fingerprint density at radius 2 is 2.20 bits per heavy atom. The van der Waals surface area contributed by atoms with Crippen LogP contribution < -0.4 is 0 Å². The third-order valence-corrected chi connectivity index (χ3v) is 1.57. The third-order valence-electron chi connectivity index (χ3n) is 0.653. The van der Waals surface area contributed by atoms with Crippen molar-refractivity contribution in [2.45, 2.75) is 6.10 Å². The number of hydrogen-bond donors (Lipinski definition) is 1. The Bertz CT molecular complexity index is 176. The van der Waals surface area contributed by atoms with Gasteiger partial charge in [0.15, 0.2) is 0 Å². The van der Waals surface area contributed by atoms with Gasteiger partial charge in [-0.25, -0.2) is 0 Å². The van der Waals surface area contributed by atoms with Crippen LogP contribution in [0.3, 0.4) is 0 Å². The summed E-state index contributed by atoms with van der Waals surface area (Å²) in [5, 5.41) is 8.70. The van der Waals surface area contributed by atoms with Gasteiger partial charge < -0.3 is 5.11 Å². The summed E-state index contributed by atoms with van der Waals surface area (Å²) in [6.45, 7) is -0.275. The molecule has 0 aromatic heterocycles. The Labute approximate surface area is 64.9 Å². The van der Waals surface area contributed by atoms with Crippen molar-refractivity contribution in [3.63, 3.8) is 0 Å². The molecule has 4 nitrogen and oxygen atoms in total. The van der Waals surface area contributed by atoms with Gasteiger partial charge >= 0.3 is 0 Å². The van der Waals surface area contributed by atoms with E-state index in [2.05, 4.69) is 4.18 Å². The summed E-state index contributed by atoms with van der Waals surface area (Å²) in [4.78, 5) is 0. The van der Waals surface area contributed by atoms with Gasteiger partial charge in [-0.1, -0.05) is 0 Å². The number of aliphatic hydroxyl groups excluding tert-OH is 1. The van der Waals surface area contributed by atoms with E-state index in [-0.39, 0.29) is 12.5 Å². The van der Waals surface area contributed by atoms with Crippen LogP contribution in [0.5, 0.6) is 0 Å². The number of rotatable bonds is 4. The van der Waals surface area contributed by atoms with Crippen molar-refractivity contribution in [3.05, 3.63) is 0 Å². The van der Waals surface area contributed by atoms with Crippen LogP contribution in [0.25, 0.3) is 0 Å². The van der Waals surface area contributed by atoms with Gasteiger partial charge in [-0.2, -0.15) is 8.42 Å². The second-order valence-electron chi connectivity index (χ2n) is 1.80. The molecule has 0 fully saturated rings. The van der Waals surface area contributed by atoms with Crippen LogP contribution in [0.4, 0.5) is 0 Å². The van der Waals surface area contributed by atoms with Crippen molar-refractivity contribution >= 4 is 21.7 Å². The normalized spacial score (nSPS) is 15.1. The lowest BCUT2D eigenvalue weighted by atomic mass is 10.4. The van der Waals surface area contributed by atoms with Gasteiger partial charge in [-0.05, 0) is 0 Å². The highest BCUT2D eigenvalue weighted by Crippen LogP contribution is 1.92. The topological polar surface area (TPSA) is 63.6 Å². The van der Waals surface area contributed by atoms with Crippen LogP contribution in [-0.2, 0) is 14.3 Å². The highest BCUT2D eigenvalue weighted by molar-refractivity contribution is 7.85. The molecule has 0 spiro atoms. The molecule has 0 aliphatic rings. The molecule has 1 atom stereocenters. The summed E-state index contributed by atoms with van der Waals surface area (Å²) in [6.07, 6.45) is -0.00934. The predicted molar refractivity (Wildman–Crippen MR) is 37.5 cm³/mol. The maximum atomic E-state index is 10.3. The van der Waals surface area contributed by atoms with Crippen molar-refractivity contribution in [3.8, 4) is 0 Å². The van der Waals surface area contributed by atoms with Gasteiger partial charge in [0.2, 0.25) is 0 Å². The minimum Gasteiger partial charge on any atom is -0.389 e. The van der Waals surface area contributed by atoms with E-state index in [1.807, 2.05) is 0 Å². The molecule has 10 heavy (non-hydrogen) atoms. The molecule has 1 unspecified atom stereocenters. The molecule has 0 saturated carbocycles. The van der Waals surface area contributed by atoms with E-state index in [9.17, 15) is 8.42 Å². The maximum absolute atomic E-state index is 10.3. The Balaban J connectivity index is 3.56. The van der Waals surface area contributed by atoms with E-state index in [0.717, 1.165) is 6.26 Å². The van der Waals surface area contributed by atoms with Crippen molar-refractivity contribution in [2.75, 3.05) is 18.7 Å². The Morgan fingerprint density at radius 3 is 2.50 bits per heavy atom. The van der Waals surface area contributed by atoms with Crippen LogP contribution in [0.2, 0.25) is 0 Å². The molecule has 0 amide bonds. The fourth-order valence-electron chi connectivity index (χ4n) is 0.247. The molecule has 0 rings (SSSR count). The molecule has 0 aromatic rings. The Hall–Kier alpha value is 0.160. The second kappa shape index (κ2) is 4.12. The maximum Gasteiger partial charge on any atom is 0.264 e. The highest BCUT2D eigenvalue weighted by atomic mass is 35.5. The second-order valence-corrected chi connectivity index (χ2v) is 3.75. The van der Waals surface area contributed by atoms with Gasteiger partial charge in [0.1, 0.15) is 0 Å². The summed E-state index contributed by atoms with van der Waals surface area (Å²) in [7, 11) is -3.45. The lowest BCUT2D eigenvalue weighted by Gasteiger charge is -2.04. The molecule has 0 heterocycles. The Morgan fingerprint density at radius 1 is 1.70 bits per heavy atom. The first-order chi connectivity index (χ1) is 4.45. The lowest BCUT2D eigenvalue weighted by Crippen LogP contribution is -2.19. The third kappa shape index (κ3) is 6.28.